The van der Waals surface area contributed by atoms with Crippen LogP contribution in [-0.2, 0) is 27.2 Å². The van der Waals surface area contributed by atoms with Gasteiger partial charge in [-0.3, -0.25) is 4.79 Å². The van der Waals surface area contributed by atoms with E-state index in [4.69, 9.17) is 4.74 Å². The molecule has 0 aromatic heterocycles. The second-order valence-electron chi connectivity index (χ2n) is 8.32. The molecule has 4 nitrogen and oxygen atoms in total. The highest BCUT2D eigenvalue weighted by molar-refractivity contribution is 6.18. The minimum absolute atomic E-state index is 0.160. The van der Waals surface area contributed by atoms with Crippen LogP contribution < -0.4 is 0 Å². The molecule has 0 atom stereocenters. The van der Waals surface area contributed by atoms with Crippen molar-refractivity contribution in [2.24, 2.45) is 5.41 Å². The first-order valence-corrected chi connectivity index (χ1v) is 9.68. The maximum atomic E-state index is 12.8. The lowest BCUT2D eigenvalue weighted by Gasteiger charge is -2.47. The Bertz CT molecular complexity index is 771. The summed E-state index contributed by atoms with van der Waals surface area (Å²) in [7, 11) is 0. The van der Waals surface area contributed by atoms with Gasteiger partial charge in [0.2, 0.25) is 0 Å². The van der Waals surface area contributed by atoms with Gasteiger partial charge in [-0.15, -0.1) is 0 Å². The third kappa shape index (κ3) is 3.23. The number of aryl methyl sites for hydroxylation is 1. The van der Waals surface area contributed by atoms with Gasteiger partial charge in [0.15, 0.2) is 0 Å². The van der Waals surface area contributed by atoms with Crippen molar-refractivity contribution in [3.8, 4) is 0 Å². The lowest BCUT2D eigenvalue weighted by molar-refractivity contribution is -0.143. The summed E-state index contributed by atoms with van der Waals surface area (Å²) in [4.78, 5) is 26.7. The number of nitrogens with zero attached hydrogens (tertiary/aromatic N) is 1. The zero-order valence-corrected chi connectivity index (χ0v) is 15.8. The van der Waals surface area contributed by atoms with Crippen LogP contribution in [0.2, 0.25) is 0 Å². The SMILES string of the molecule is CC(=O)Cc1cc(C)c2c(c1)CC=C2C(=O)OCC12CCN(CC1)CC2. The number of ketones is 1. The van der Waals surface area contributed by atoms with Crippen molar-refractivity contribution in [1.29, 1.82) is 0 Å². The van der Waals surface area contributed by atoms with Gasteiger partial charge in [-0.2, -0.15) is 0 Å². The molecule has 2 bridgehead atoms. The smallest absolute Gasteiger partial charge is 0.338 e. The van der Waals surface area contributed by atoms with Crippen LogP contribution in [0.15, 0.2) is 18.2 Å². The maximum absolute atomic E-state index is 12.8. The minimum atomic E-state index is -0.187. The van der Waals surface area contributed by atoms with Gasteiger partial charge in [0.25, 0.3) is 0 Å². The monoisotopic (exact) mass is 353 g/mol. The second kappa shape index (κ2) is 6.66. The number of hydrogen-bond donors (Lipinski definition) is 0. The van der Waals surface area contributed by atoms with Crippen molar-refractivity contribution in [2.45, 2.75) is 46.0 Å². The Kier molecular flexibility index (Phi) is 4.47. The fraction of sp³-hybridized carbons (Fsp3) is 0.545. The number of rotatable bonds is 5. The maximum Gasteiger partial charge on any atom is 0.338 e. The molecule has 0 radical (unpaired) electrons. The summed E-state index contributed by atoms with van der Waals surface area (Å²) in [5, 5.41) is 0. The Balaban J connectivity index is 1.46. The number of carbonyl (C=O) groups excluding carboxylic acids is 2. The molecule has 0 N–H and O–H groups in total. The predicted octanol–water partition coefficient (Wildman–Crippen LogP) is 3.10. The van der Waals surface area contributed by atoms with Gasteiger partial charge in [0, 0.05) is 11.8 Å². The molecule has 0 spiro atoms. The number of carbonyl (C=O) groups is 2. The first kappa shape index (κ1) is 17.5. The molecule has 4 heteroatoms. The fourth-order valence-electron chi connectivity index (χ4n) is 4.79. The molecule has 1 aromatic carbocycles. The van der Waals surface area contributed by atoms with Crippen molar-refractivity contribution >= 4 is 17.3 Å². The zero-order chi connectivity index (χ0) is 18.3. The first-order chi connectivity index (χ1) is 12.5. The summed E-state index contributed by atoms with van der Waals surface area (Å²) in [5.74, 6) is -0.0266. The summed E-state index contributed by atoms with van der Waals surface area (Å²) < 4.78 is 5.81. The predicted molar refractivity (Wildman–Crippen MR) is 101 cm³/mol. The van der Waals surface area contributed by atoms with Crippen molar-refractivity contribution < 1.29 is 14.3 Å². The van der Waals surface area contributed by atoms with Crippen LogP contribution in [0.4, 0.5) is 0 Å². The van der Waals surface area contributed by atoms with E-state index in [1.54, 1.807) is 6.92 Å². The molecule has 26 heavy (non-hydrogen) atoms. The van der Waals surface area contributed by atoms with E-state index in [-0.39, 0.29) is 17.2 Å². The van der Waals surface area contributed by atoms with Crippen LogP contribution >= 0.6 is 0 Å². The highest BCUT2D eigenvalue weighted by atomic mass is 16.5. The molecule has 0 amide bonds. The molecule has 3 heterocycles. The van der Waals surface area contributed by atoms with E-state index >= 15 is 0 Å². The fourth-order valence-corrected chi connectivity index (χ4v) is 4.79. The lowest BCUT2D eigenvalue weighted by Crippen LogP contribution is -2.50. The number of allylic oxidation sites excluding steroid dienone is 1. The Morgan fingerprint density at radius 1 is 1.15 bits per heavy atom. The Morgan fingerprint density at radius 3 is 2.50 bits per heavy atom. The average Bonchev–Trinajstić information content (AvgIpc) is 3.05. The van der Waals surface area contributed by atoms with E-state index in [9.17, 15) is 9.59 Å². The average molecular weight is 353 g/mol. The van der Waals surface area contributed by atoms with Crippen molar-refractivity contribution in [3.63, 3.8) is 0 Å². The molecule has 3 saturated heterocycles. The highest BCUT2D eigenvalue weighted by Gasteiger charge is 2.40. The van der Waals surface area contributed by atoms with Gasteiger partial charge in [0.1, 0.15) is 5.78 Å². The number of esters is 1. The van der Waals surface area contributed by atoms with E-state index in [1.165, 1.54) is 0 Å². The number of ether oxygens (including phenoxy) is 1. The quantitative estimate of drug-likeness (QED) is 0.763. The van der Waals surface area contributed by atoms with Crippen molar-refractivity contribution in [3.05, 3.63) is 40.5 Å². The molecule has 1 aromatic rings. The number of piperidine rings is 3. The normalized spacial score (nSPS) is 26.4. The van der Waals surface area contributed by atoms with Crippen molar-refractivity contribution in [1.82, 2.24) is 4.90 Å². The number of hydrogen-bond acceptors (Lipinski definition) is 4. The molecule has 5 rings (SSSR count). The van der Waals surface area contributed by atoms with Gasteiger partial charge < -0.3 is 9.64 Å². The minimum Gasteiger partial charge on any atom is -0.461 e. The van der Waals surface area contributed by atoms with Crippen molar-refractivity contribution in [2.75, 3.05) is 26.2 Å². The third-order valence-corrected chi connectivity index (χ3v) is 6.33. The summed E-state index contributed by atoms with van der Waals surface area (Å²) in [6, 6.07) is 4.10. The van der Waals surface area contributed by atoms with Gasteiger partial charge in [-0.1, -0.05) is 18.2 Å². The lowest BCUT2D eigenvalue weighted by atomic mass is 9.73. The molecule has 3 aliphatic heterocycles. The molecule has 4 aliphatic rings. The topological polar surface area (TPSA) is 46.6 Å². The van der Waals surface area contributed by atoms with Crippen LogP contribution in [0.3, 0.4) is 0 Å². The van der Waals surface area contributed by atoms with Crippen LogP contribution in [0.1, 0.15) is 48.4 Å². The first-order valence-electron chi connectivity index (χ1n) is 9.68. The standard InChI is InChI=1S/C22H27NO3/c1-15-11-17(12-16(2)24)13-18-3-4-19(20(15)18)21(25)26-14-22-5-8-23(9-6-22)10-7-22/h4,11,13H,3,5-10,12,14H2,1-2H3. The molecule has 0 unspecified atom stereocenters. The van der Waals surface area contributed by atoms with Crippen LogP contribution in [0.5, 0.6) is 0 Å². The number of Topliss-reactive ketones (excluding diaryl/α,β-unsaturated/α-hetero) is 1. The van der Waals surface area contributed by atoms with Gasteiger partial charge in [0.05, 0.1) is 12.2 Å². The summed E-state index contributed by atoms with van der Waals surface area (Å²) >= 11 is 0. The van der Waals surface area contributed by atoms with Crippen LogP contribution in [-0.4, -0.2) is 42.9 Å². The van der Waals surface area contributed by atoms with E-state index < -0.39 is 0 Å². The molecule has 3 fully saturated rings. The van der Waals surface area contributed by atoms with E-state index in [0.29, 0.717) is 18.6 Å². The van der Waals surface area contributed by atoms with Gasteiger partial charge >= 0.3 is 5.97 Å². The zero-order valence-electron chi connectivity index (χ0n) is 15.8. The highest BCUT2D eigenvalue weighted by Crippen LogP contribution is 2.41. The number of benzene rings is 1. The van der Waals surface area contributed by atoms with E-state index in [0.717, 1.165) is 67.6 Å². The summed E-state index contributed by atoms with van der Waals surface area (Å²) in [6.07, 6.45) is 6.61. The molecular formula is C22H27NO3. The summed E-state index contributed by atoms with van der Waals surface area (Å²) in [5.41, 5.74) is 5.15. The van der Waals surface area contributed by atoms with Crippen LogP contribution in [0, 0.1) is 12.3 Å². The van der Waals surface area contributed by atoms with E-state index in [2.05, 4.69) is 11.0 Å². The summed E-state index contributed by atoms with van der Waals surface area (Å²) in [6.45, 7) is 7.60. The largest absolute Gasteiger partial charge is 0.461 e. The van der Waals surface area contributed by atoms with Gasteiger partial charge in [-0.25, -0.2) is 4.79 Å². The van der Waals surface area contributed by atoms with E-state index in [1.807, 2.05) is 19.1 Å². The molecule has 138 valence electrons. The molecule has 0 saturated carbocycles. The Morgan fingerprint density at radius 2 is 1.85 bits per heavy atom. The van der Waals surface area contributed by atoms with Crippen LogP contribution in [0.25, 0.3) is 5.57 Å². The van der Waals surface area contributed by atoms with Gasteiger partial charge in [-0.05, 0) is 81.4 Å². The third-order valence-electron chi connectivity index (χ3n) is 6.33. The second-order valence-corrected chi connectivity index (χ2v) is 8.32. The Labute approximate surface area is 155 Å². The molecule has 1 aliphatic carbocycles. The number of fused-ring (bicyclic) bond motifs is 4. The Hall–Kier alpha value is -1.94. The molecular weight excluding hydrogens is 326 g/mol.